The maximum atomic E-state index is 9.00. The number of rotatable bonds is 0. The van der Waals surface area contributed by atoms with E-state index in [1.807, 2.05) is 0 Å². The van der Waals surface area contributed by atoms with Gasteiger partial charge >= 0.3 is 0 Å². The van der Waals surface area contributed by atoms with E-state index in [-0.39, 0.29) is 33.8 Å². The van der Waals surface area contributed by atoms with Crippen molar-refractivity contribution in [3.8, 4) is 0 Å². The van der Waals surface area contributed by atoms with Gasteiger partial charge in [0.1, 0.15) is 0 Å². The summed E-state index contributed by atoms with van der Waals surface area (Å²) >= 11 is 0. The predicted molar refractivity (Wildman–Crippen MR) is 26.3 cm³/mol. The van der Waals surface area contributed by atoms with Crippen LogP contribution in [0, 0.1) is 6.92 Å². The first kappa shape index (κ1) is 22.5. The van der Waals surface area contributed by atoms with Gasteiger partial charge in [-0.05, 0) is 0 Å². The number of aliphatic carboxylic acids is 2. The number of carboxylic acid groups (broad SMARTS) is 2. The Balaban J connectivity index is -0.0000000300. The van der Waals surface area contributed by atoms with Crippen LogP contribution in [0.4, 0.5) is 0 Å². The molecule has 0 aromatic heterocycles. The molecule has 0 heterocycles. The Morgan fingerprint density at radius 2 is 1.30 bits per heavy atom. The third-order valence-corrected chi connectivity index (χ3v) is 0. The van der Waals surface area contributed by atoms with Crippen molar-refractivity contribution in [2.75, 3.05) is 0 Å². The maximum Gasteiger partial charge on any atom is 0.300 e. The molecule has 2 N–H and O–H groups in total. The first-order valence-electron chi connectivity index (χ1n) is 1.71. The predicted octanol–water partition coefficient (Wildman–Crippen LogP) is -0.00901. The SMILES string of the molecule is CC(=O)O.[CH2-]C(=O)O.[Co].[Cu]. The zero-order chi connectivity index (χ0) is 7.15. The molecule has 0 aliphatic rings. The number of carboxylic acids is 2. The molecule has 0 atom stereocenters. The second-order valence-electron chi connectivity index (χ2n) is 0.913. The summed E-state index contributed by atoms with van der Waals surface area (Å²) in [5.41, 5.74) is 0. The number of hydrogen-bond donors (Lipinski definition) is 2. The summed E-state index contributed by atoms with van der Waals surface area (Å²) in [6.07, 6.45) is 0. The second-order valence-corrected chi connectivity index (χ2v) is 0.913. The van der Waals surface area contributed by atoms with Gasteiger partial charge in [0.05, 0.1) is 0 Å². The molecule has 2 radical (unpaired) electrons. The van der Waals surface area contributed by atoms with Gasteiger partial charge in [0.2, 0.25) is 0 Å². The molecule has 0 bridgehead atoms. The summed E-state index contributed by atoms with van der Waals surface area (Å²) in [6, 6.07) is 0. The molecule has 0 rings (SSSR count). The van der Waals surface area contributed by atoms with E-state index in [0.29, 0.717) is 0 Å². The van der Waals surface area contributed by atoms with Gasteiger partial charge in [-0.1, -0.05) is 0 Å². The van der Waals surface area contributed by atoms with Crippen molar-refractivity contribution in [2.24, 2.45) is 0 Å². The van der Waals surface area contributed by atoms with E-state index < -0.39 is 11.9 Å². The third kappa shape index (κ3) is 13600. The van der Waals surface area contributed by atoms with Crippen molar-refractivity contribution >= 4 is 11.9 Å². The standard InChI is InChI=1S/C2H4O2.C2H3O2.Co.Cu/c2*1-2(3)4;;/h1H3,(H,3,4);1H2,(H,3,4);;/q;-1;;. The Hall–Kier alpha value is -0.164. The van der Waals surface area contributed by atoms with Crippen molar-refractivity contribution in [1.29, 1.82) is 0 Å². The second kappa shape index (κ2) is 15.9. The van der Waals surface area contributed by atoms with E-state index in [2.05, 4.69) is 6.92 Å². The largest absolute Gasteiger partial charge is 0.503 e. The maximum absolute atomic E-state index is 9.00. The van der Waals surface area contributed by atoms with Crippen LogP contribution in [0.15, 0.2) is 0 Å². The fraction of sp³-hybridized carbons (Fsp3) is 0.250. The van der Waals surface area contributed by atoms with Crippen molar-refractivity contribution in [3.05, 3.63) is 6.92 Å². The third-order valence-electron chi connectivity index (χ3n) is 0. The summed E-state index contributed by atoms with van der Waals surface area (Å²) in [6.45, 7) is 3.64. The monoisotopic (exact) mass is 241 g/mol. The Kier molecular flexibility index (Phi) is 35.9. The van der Waals surface area contributed by atoms with Gasteiger partial charge in [-0.2, -0.15) is 0 Å². The molecule has 0 fully saturated rings. The number of hydrogen-bond acceptors (Lipinski definition) is 2. The van der Waals surface area contributed by atoms with Crippen LogP contribution < -0.4 is 0 Å². The van der Waals surface area contributed by atoms with Gasteiger partial charge in [0, 0.05) is 40.8 Å². The molecule has 0 unspecified atom stereocenters. The Bertz CT molecular complexity index is 75.3. The Morgan fingerprint density at radius 3 is 1.30 bits per heavy atom. The molecule has 0 aliphatic carbocycles. The quantitative estimate of drug-likeness (QED) is 0.462. The topological polar surface area (TPSA) is 74.6 Å². The average Bonchev–Trinajstić information content (AvgIpc) is 1.25. The minimum absolute atomic E-state index is 0. The summed E-state index contributed by atoms with van der Waals surface area (Å²) in [7, 11) is 0. The van der Waals surface area contributed by atoms with E-state index in [1.165, 1.54) is 0 Å². The van der Waals surface area contributed by atoms with Gasteiger partial charge in [-0.15, -0.1) is 0 Å². The molecule has 0 aromatic carbocycles. The van der Waals surface area contributed by atoms with Crippen molar-refractivity contribution in [2.45, 2.75) is 6.92 Å². The molecule has 10 heavy (non-hydrogen) atoms. The smallest absolute Gasteiger partial charge is 0.300 e. The fourth-order valence-corrected chi connectivity index (χ4v) is 0. The van der Waals surface area contributed by atoms with Crippen LogP contribution >= 0.6 is 0 Å². The molecule has 0 saturated heterocycles. The van der Waals surface area contributed by atoms with E-state index in [9.17, 15) is 0 Å². The van der Waals surface area contributed by atoms with Crippen molar-refractivity contribution < 1.29 is 53.6 Å². The first-order valence-corrected chi connectivity index (χ1v) is 1.71. The van der Waals surface area contributed by atoms with Crippen LogP contribution in [0.3, 0.4) is 0 Å². The minimum Gasteiger partial charge on any atom is -0.503 e. The van der Waals surface area contributed by atoms with Gasteiger partial charge in [0.25, 0.3) is 5.97 Å². The zero-order valence-corrected chi connectivity index (χ0v) is 7.04. The molecule has 0 aromatic rings. The fourth-order valence-electron chi connectivity index (χ4n) is 0. The molecule has 68 valence electrons. The van der Waals surface area contributed by atoms with E-state index in [1.54, 1.807) is 0 Å². The van der Waals surface area contributed by atoms with E-state index in [4.69, 9.17) is 19.8 Å². The van der Waals surface area contributed by atoms with E-state index in [0.717, 1.165) is 6.92 Å². The Labute approximate surface area is 79.7 Å². The molecular weight excluding hydrogens is 235 g/mol. The summed E-state index contributed by atoms with van der Waals surface area (Å²) < 4.78 is 0. The molecule has 4 nitrogen and oxygen atoms in total. The molecule has 0 amide bonds. The van der Waals surface area contributed by atoms with Crippen LogP contribution in [0.1, 0.15) is 6.92 Å². The van der Waals surface area contributed by atoms with E-state index >= 15 is 0 Å². The molecule has 0 spiro atoms. The van der Waals surface area contributed by atoms with Gasteiger partial charge in [0.15, 0.2) is 5.97 Å². The molecule has 0 aliphatic heterocycles. The van der Waals surface area contributed by atoms with Crippen molar-refractivity contribution in [3.63, 3.8) is 0 Å². The molecule has 6 heteroatoms. The average molecular weight is 242 g/mol. The zero-order valence-electron chi connectivity index (χ0n) is 5.05. The van der Waals surface area contributed by atoms with Crippen LogP contribution in [-0.2, 0) is 43.4 Å². The van der Waals surface area contributed by atoms with Crippen LogP contribution in [0.5, 0.6) is 0 Å². The van der Waals surface area contributed by atoms with Crippen LogP contribution in [-0.4, -0.2) is 22.2 Å². The summed E-state index contributed by atoms with van der Waals surface area (Å²) in [5, 5.41) is 14.7. The van der Waals surface area contributed by atoms with Crippen LogP contribution in [0.2, 0.25) is 0 Å². The minimum atomic E-state index is -1.08. The summed E-state index contributed by atoms with van der Waals surface area (Å²) in [5.74, 6) is -1.92. The normalized spacial score (nSPS) is 4.90. The van der Waals surface area contributed by atoms with Gasteiger partial charge in [-0.25, -0.2) is 0 Å². The van der Waals surface area contributed by atoms with Gasteiger partial charge < -0.3 is 10.2 Å². The van der Waals surface area contributed by atoms with Gasteiger partial charge in [-0.3, -0.25) is 16.5 Å². The number of carbonyl (C=O) groups is 2. The molecular formula is C4H7CoCuO4-. The Morgan fingerprint density at radius 1 is 1.30 bits per heavy atom. The van der Waals surface area contributed by atoms with Crippen LogP contribution in [0.25, 0.3) is 0 Å². The first-order chi connectivity index (χ1) is 3.46. The molecule has 0 saturated carbocycles. The summed E-state index contributed by atoms with van der Waals surface area (Å²) in [4.78, 5) is 17.9. The van der Waals surface area contributed by atoms with Crippen molar-refractivity contribution in [1.82, 2.24) is 0 Å².